The van der Waals surface area contributed by atoms with E-state index < -0.39 is 54.0 Å². The molecule has 2 amide bonds. The number of aryl methyl sites for hydroxylation is 1. The van der Waals surface area contributed by atoms with E-state index in [-0.39, 0.29) is 30.3 Å². The number of alkyl halides is 6. The summed E-state index contributed by atoms with van der Waals surface area (Å²) < 4.78 is 80.6. The Labute approximate surface area is 220 Å². The molecule has 208 valence electrons. The monoisotopic (exact) mass is 553 g/mol. The first-order valence-corrected chi connectivity index (χ1v) is 11.7. The number of hydrogen-bond donors (Lipinski definition) is 2. The maximum atomic E-state index is 14.0. The van der Waals surface area contributed by atoms with Gasteiger partial charge in [-0.15, -0.1) is 0 Å². The average Bonchev–Trinajstić information content (AvgIpc) is 2.89. The summed E-state index contributed by atoms with van der Waals surface area (Å²) in [6, 6.07) is 9.61. The van der Waals surface area contributed by atoms with Crippen molar-refractivity contribution in [3.8, 4) is 11.1 Å². The molecular weight excluding hydrogens is 528 g/mol. The van der Waals surface area contributed by atoms with Crippen LogP contribution in [-0.4, -0.2) is 47.0 Å². The first kappa shape index (κ1) is 29.6. The molecule has 0 aliphatic rings. The van der Waals surface area contributed by atoms with Gasteiger partial charge in [-0.1, -0.05) is 30.3 Å². The van der Waals surface area contributed by atoms with Gasteiger partial charge in [-0.2, -0.15) is 26.3 Å². The lowest BCUT2D eigenvalue weighted by Crippen LogP contribution is -2.35. The quantitative estimate of drug-likeness (QED) is 0.362. The fraction of sp³-hybridized carbons (Fsp3) is 0.296. The molecule has 12 heteroatoms. The van der Waals surface area contributed by atoms with Crippen LogP contribution >= 0.6 is 0 Å². The van der Waals surface area contributed by atoms with Crippen molar-refractivity contribution in [1.29, 1.82) is 0 Å². The van der Waals surface area contributed by atoms with E-state index in [2.05, 4.69) is 10.3 Å². The second kappa shape index (κ2) is 11.9. The van der Waals surface area contributed by atoms with E-state index in [1.165, 1.54) is 13.2 Å². The zero-order valence-electron chi connectivity index (χ0n) is 21.0. The summed E-state index contributed by atoms with van der Waals surface area (Å²) in [7, 11) is 1.32. The molecule has 0 aliphatic carbocycles. The number of aliphatic hydroxyl groups is 1. The van der Waals surface area contributed by atoms with Crippen molar-refractivity contribution in [3.05, 3.63) is 88.2 Å². The average molecular weight is 554 g/mol. The van der Waals surface area contributed by atoms with Gasteiger partial charge in [0.05, 0.1) is 16.7 Å². The van der Waals surface area contributed by atoms with E-state index >= 15 is 0 Å². The van der Waals surface area contributed by atoms with Crippen LogP contribution in [0, 0.1) is 6.92 Å². The van der Waals surface area contributed by atoms with Crippen molar-refractivity contribution in [2.75, 3.05) is 20.2 Å². The molecule has 1 heterocycles. The molecule has 0 radical (unpaired) electrons. The molecule has 0 spiro atoms. The van der Waals surface area contributed by atoms with Crippen molar-refractivity contribution >= 4 is 11.8 Å². The molecule has 0 saturated carbocycles. The largest absolute Gasteiger partial charge is 0.416 e. The van der Waals surface area contributed by atoms with E-state index in [1.54, 1.807) is 37.3 Å². The van der Waals surface area contributed by atoms with Gasteiger partial charge in [0.15, 0.2) is 0 Å². The number of amides is 2. The van der Waals surface area contributed by atoms with E-state index in [1.807, 2.05) is 0 Å². The van der Waals surface area contributed by atoms with Crippen LogP contribution < -0.4 is 5.32 Å². The van der Waals surface area contributed by atoms with Crippen LogP contribution in [0.1, 0.15) is 49.5 Å². The van der Waals surface area contributed by atoms with Crippen LogP contribution in [0.5, 0.6) is 0 Å². The smallest absolute Gasteiger partial charge is 0.396 e. The summed E-state index contributed by atoms with van der Waals surface area (Å²) in [5.74, 6) is -1.56. The Morgan fingerprint density at radius 2 is 1.56 bits per heavy atom. The number of pyridine rings is 1. The molecule has 0 unspecified atom stereocenters. The molecule has 0 fully saturated rings. The Morgan fingerprint density at radius 3 is 2.08 bits per heavy atom. The molecule has 1 aromatic heterocycles. The second-order valence-corrected chi connectivity index (χ2v) is 8.70. The molecule has 0 saturated heterocycles. The fourth-order valence-corrected chi connectivity index (χ4v) is 4.08. The highest BCUT2D eigenvalue weighted by Crippen LogP contribution is 2.37. The number of aliphatic hydroxyl groups excluding tert-OH is 1. The normalized spacial score (nSPS) is 11.8. The minimum Gasteiger partial charge on any atom is -0.396 e. The van der Waals surface area contributed by atoms with Crippen LogP contribution in [0.4, 0.5) is 26.3 Å². The predicted molar refractivity (Wildman–Crippen MR) is 131 cm³/mol. The Balaban J connectivity index is 2.21. The van der Waals surface area contributed by atoms with E-state index in [0.29, 0.717) is 28.8 Å². The van der Waals surface area contributed by atoms with Crippen molar-refractivity contribution in [2.24, 2.45) is 0 Å². The molecule has 0 aliphatic heterocycles. The third-order valence-electron chi connectivity index (χ3n) is 5.88. The lowest BCUT2D eigenvalue weighted by molar-refractivity contribution is -0.143. The van der Waals surface area contributed by atoms with Gasteiger partial charge in [0.25, 0.3) is 11.8 Å². The van der Waals surface area contributed by atoms with Gasteiger partial charge in [-0.05, 0) is 48.2 Å². The standard InChI is InChI=1S/C27H25F6N3O3/c1-16-14-35-23(24(38)34-2)22(21(16)18-7-4-3-5-8-18)25(39)36(9-6-10-37)15-17-11-19(26(28,29)30)13-20(12-17)27(31,32)33/h3-5,7-8,11-14,37H,6,9-10,15H2,1-2H3,(H,34,38). The lowest BCUT2D eigenvalue weighted by atomic mass is 9.93. The predicted octanol–water partition coefficient (Wildman–Crippen LogP) is 5.48. The molecular formula is C27H25F6N3O3. The maximum Gasteiger partial charge on any atom is 0.416 e. The zero-order valence-corrected chi connectivity index (χ0v) is 21.0. The number of aromatic nitrogens is 1. The van der Waals surface area contributed by atoms with Gasteiger partial charge in [-0.25, -0.2) is 4.98 Å². The van der Waals surface area contributed by atoms with Gasteiger partial charge < -0.3 is 15.3 Å². The lowest BCUT2D eigenvalue weighted by Gasteiger charge is -2.26. The topological polar surface area (TPSA) is 82.5 Å². The third-order valence-corrected chi connectivity index (χ3v) is 5.88. The van der Waals surface area contributed by atoms with Gasteiger partial charge in [0.1, 0.15) is 5.69 Å². The number of rotatable bonds is 8. The SMILES string of the molecule is CNC(=O)c1ncc(C)c(-c2ccccc2)c1C(=O)N(CCCO)Cc1cc(C(F)(F)F)cc(C(F)(F)F)c1. The highest BCUT2D eigenvalue weighted by molar-refractivity contribution is 6.10. The number of benzene rings is 2. The van der Waals surface area contributed by atoms with E-state index in [4.69, 9.17) is 0 Å². The van der Waals surface area contributed by atoms with E-state index in [0.717, 1.165) is 4.90 Å². The molecule has 6 nitrogen and oxygen atoms in total. The number of nitrogens with one attached hydrogen (secondary N) is 1. The zero-order chi connectivity index (χ0) is 29.0. The van der Waals surface area contributed by atoms with Crippen LogP contribution in [0.15, 0.2) is 54.7 Å². The number of carbonyl (C=O) groups excluding carboxylic acids is 2. The molecule has 2 aromatic carbocycles. The summed E-state index contributed by atoms with van der Waals surface area (Å²) >= 11 is 0. The molecule has 3 rings (SSSR count). The Hall–Kier alpha value is -3.93. The van der Waals surface area contributed by atoms with Gasteiger partial charge >= 0.3 is 12.4 Å². The van der Waals surface area contributed by atoms with Crippen molar-refractivity contribution in [3.63, 3.8) is 0 Å². The summed E-state index contributed by atoms with van der Waals surface area (Å²) in [4.78, 5) is 31.8. The summed E-state index contributed by atoms with van der Waals surface area (Å²) in [5, 5.41) is 11.8. The van der Waals surface area contributed by atoms with Gasteiger partial charge in [0, 0.05) is 38.5 Å². The van der Waals surface area contributed by atoms with Crippen molar-refractivity contribution < 1.29 is 41.0 Å². The molecule has 3 aromatic rings. The highest BCUT2D eigenvalue weighted by atomic mass is 19.4. The Morgan fingerprint density at radius 1 is 0.974 bits per heavy atom. The van der Waals surface area contributed by atoms with Crippen LogP contribution in [0.2, 0.25) is 0 Å². The molecule has 39 heavy (non-hydrogen) atoms. The number of halogens is 6. The molecule has 0 atom stereocenters. The van der Waals surface area contributed by atoms with Crippen LogP contribution in [-0.2, 0) is 18.9 Å². The first-order valence-electron chi connectivity index (χ1n) is 11.7. The Kier molecular flexibility index (Phi) is 9.00. The van der Waals surface area contributed by atoms with Crippen LogP contribution in [0.25, 0.3) is 11.1 Å². The highest BCUT2D eigenvalue weighted by Gasteiger charge is 2.37. The number of nitrogens with zero attached hydrogens (tertiary/aromatic N) is 2. The minimum absolute atomic E-state index is 0.00502. The minimum atomic E-state index is -5.07. The van der Waals surface area contributed by atoms with Crippen molar-refractivity contribution in [2.45, 2.75) is 32.2 Å². The Bertz CT molecular complexity index is 1310. The fourth-order valence-electron chi connectivity index (χ4n) is 4.08. The summed E-state index contributed by atoms with van der Waals surface area (Å²) in [6.07, 6.45) is -8.76. The van der Waals surface area contributed by atoms with Crippen molar-refractivity contribution in [1.82, 2.24) is 15.2 Å². The molecule has 2 N–H and O–H groups in total. The van der Waals surface area contributed by atoms with Gasteiger partial charge in [-0.3, -0.25) is 9.59 Å². The summed E-state index contributed by atoms with van der Waals surface area (Å²) in [6.45, 7) is 0.379. The summed E-state index contributed by atoms with van der Waals surface area (Å²) in [5.41, 5.74) is -2.49. The van der Waals surface area contributed by atoms with Gasteiger partial charge in [0.2, 0.25) is 0 Å². The molecule has 0 bridgehead atoms. The van der Waals surface area contributed by atoms with Crippen LogP contribution in [0.3, 0.4) is 0 Å². The third kappa shape index (κ3) is 6.94. The maximum absolute atomic E-state index is 14.0. The first-order chi connectivity index (χ1) is 18.3. The van der Waals surface area contributed by atoms with E-state index in [9.17, 15) is 41.0 Å². The number of hydrogen-bond acceptors (Lipinski definition) is 4. The number of carbonyl (C=O) groups is 2. The second-order valence-electron chi connectivity index (χ2n) is 8.70.